The number of nitrogens with two attached hydrogens (primary N) is 1. The van der Waals surface area contributed by atoms with Crippen LogP contribution in [-0.4, -0.2) is 34.5 Å². The van der Waals surface area contributed by atoms with Crippen LogP contribution in [-0.2, 0) is 6.54 Å². The third kappa shape index (κ3) is 6.20. The second-order valence-electron chi connectivity index (χ2n) is 5.61. The summed E-state index contributed by atoms with van der Waals surface area (Å²) in [7, 11) is 0. The lowest BCUT2D eigenvalue weighted by Gasteiger charge is -2.28. The Balaban J connectivity index is 2.68. The van der Waals surface area contributed by atoms with Crippen molar-refractivity contribution in [3.8, 4) is 0 Å². The molecule has 0 fully saturated rings. The molecule has 0 spiro atoms. The standard InChI is InChI=1S/C14H24N4O/c1-14(2,3)17-13(19)18(9-5-7-15)11-12-6-4-8-16-10-12/h4,6,8,10H,5,7,9,11,15H2,1-3H3,(H,17,19). The average molecular weight is 264 g/mol. The van der Waals surface area contributed by atoms with Gasteiger partial charge in [0, 0.05) is 31.0 Å². The van der Waals surface area contributed by atoms with Gasteiger partial charge in [-0.3, -0.25) is 4.98 Å². The summed E-state index contributed by atoms with van der Waals surface area (Å²) in [6.07, 6.45) is 4.29. The van der Waals surface area contributed by atoms with Crippen molar-refractivity contribution in [2.45, 2.75) is 39.3 Å². The number of urea groups is 1. The van der Waals surface area contributed by atoms with E-state index >= 15 is 0 Å². The molecule has 0 aliphatic carbocycles. The van der Waals surface area contributed by atoms with Crippen LogP contribution in [0.4, 0.5) is 4.79 Å². The predicted octanol–water partition coefficient (Wildman–Crippen LogP) is 1.74. The van der Waals surface area contributed by atoms with Crippen molar-refractivity contribution in [2.75, 3.05) is 13.1 Å². The van der Waals surface area contributed by atoms with Crippen molar-refractivity contribution in [3.63, 3.8) is 0 Å². The highest BCUT2D eigenvalue weighted by molar-refractivity contribution is 5.74. The molecular formula is C14H24N4O. The van der Waals surface area contributed by atoms with E-state index in [1.807, 2.05) is 32.9 Å². The van der Waals surface area contributed by atoms with Gasteiger partial charge in [0.15, 0.2) is 0 Å². The first-order valence-electron chi connectivity index (χ1n) is 6.58. The molecule has 1 rings (SSSR count). The van der Waals surface area contributed by atoms with Crippen LogP contribution in [0.15, 0.2) is 24.5 Å². The van der Waals surface area contributed by atoms with Crippen molar-refractivity contribution >= 4 is 6.03 Å². The lowest BCUT2D eigenvalue weighted by atomic mass is 10.1. The van der Waals surface area contributed by atoms with Gasteiger partial charge >= 0.3 is 6.03 Å². The van der Waals surface area contributed by atoms with Crippen LogP contribution in [0.1, 0.15) is 32.8 Å². The van der Waals surface area contributed by atoms with Gasteiger partial charge in [0.2, 0.25) is 0 Å². The van der Waals surface area contributed by atoms with E-state index < -0.39 is 0 Å². The number of aromatic nitrogens is 1. The topological polar surface area (TPSA) is 71.2 Å². The van der Waals surface area contributed by atoms with Gasteiger partial charge in [0.25, 0.3) is 0 Å². The van der Waals surface area contributed by atoms with Crippen molar-refractivity contribution in [1.82, 2.24) is 15.2 Å². The quantitative estimate of drug-likeness (QED) is 0.851. The van der Waals surface area contributed by atoms with E-state index in [1.165, 1.54) is 0 Å². The fourth-order valence-electron chi connectivity index (χ4n) is 1.65. The number of nitrogens with zero attached hydrogens (tertiary/aromatic N) is 2. The van der Waals surface area contributed by atoms with Gasteiger partial charge < -0.3 is 16.0 Å². The minimum absolute atomic E-state index is 0.0650. The zero-order valence-electron chi connectivity index (χ0n) is 12.0. The van der Waals surface area contributed by atoms with E-state index in [1.54, 1.807) is 17.3 Å². The van der Waals surface area contributed by atoms with E-state index in [-0.39, 0.29) is 11.6 Å². The molecule has 106 valence electrons. The molecule has 0 unspecified atom stereocenters. The lowest BCUT2D eigenvalue weighted by Crippen LogP contribution is -2.48. The Morgan fingerprint density at radius 2 is 2.21 bits per heavy atom. The van der Waals surface area contributed by atoms with Crippen molar-refractivity contribution < 1.29 is 4.79 Å². The predicted molar refractivity (Wildman–Crippen MR) is 76.6 cm³/mol. The summed E-state index contributed by atoms with van der Waals surface area (Å²) in [5.74, 6) is 0. The van der Waals surface area contributed by atoms with Crippen LogP contribution in [0, 0.1) is 0 Å². The fraction of sp³-hybridized carbons (Fsp3) is 0.571. The second kappa shape index (κ2) is 7.09. The first-order chi connectivity index (χ1) is 8.92. The van der Waals surface area contributed by atoms with Crippen molar-refractivity contribution in [1.29, 1.82) is 0 Å². The number of pyridine rings is 1. The zero-order valence-corrected chi connectivity index (χ0v) is 12.0. The molecule has 0 aliphatic heterocycles. The largest absolute Gasteiger partial charge is 0.333 e. The molecule has 1 aromatic rings. The molecule has 0 aromatic carbocycles. The van der Waals surface area contributed by atoms with Gasteiger partial charge in [-0.25, -0.2) is 4.79 Å². The van der Waals surface area contributed by atoms with E-state index in [4.69, 9.17) is 5.73 Å². The van der Waals surface area contributed by atoms with Crippen LogP contribution in [0.5, 0.6) is 0 Å². The molecule has 0 aliphatic rings. The van der Waals surface area contributed by atoms with Gasteiger partial charge in [0.05, 0.1) is 0 Å². The Kier molecular flexibility index (Phi) is 5.76. The lowest BCUT2D eigenvalue weighted by molar-refractivity contribution is 0.185. The highest BCUT2D eigenvalue weighted by Gasteiger charge is 2.19. The molecule has 3 N–H and O–H groups in total. The maximum absolute atomic E-state index is 12.2. The first kappa shape index (κ1) is 15.4. The molecule has 0 saturated heterocycles. The van der Waals surface area contributed by atoms with Crippen LogP contribution in [0.2, 0.25) is 0 Å². The summed E-state index contributed by atoms with van der Waals surface area (Å²) >= 11 is 0. The van der Waals surface area contributed by atoms with Gasteiger partial charge in [-0.2, -0.15) is 0 Å². The molecular weight excluding hydrogens is 240 g/mol. The van der Waals surface area contributed by atoms with Crippen LogP contribution in [0.3, 0.4) is 0 Å². The number of rotatable bonds is 5. The molecule has 19 heavy (non-hydrogen) atoms. The fourth-order valence-corrected chi connectivity index (χ4v) is 1.65. The Bertz CT molecular complexity index is 386. The molecule has 5 heteroatoms. The summed E-state index contributed by atoms with van der Waals surface area (Å²) in [4.78, 5) is 18.1. The monoisotopic (exact) mass is 264 g/mol. The van der Waals surface area contributed by atoms with Crippen molar-refractivity contribution in [3.05, 3.63) is 30.1 Å². The zero-order chi connectivity index (χ0) is 14.3. The van der Waals surface area contributed by atoms with Crippen LogP contribution < -0.4 is 11.1 Å². The SMILES string of the molecule is CC(C)(C)NC(=O)N(CCCN)Cc1cccnc1. The molecule has 1 heterocycles. The Labute approximate surface area is 115 Å². The molecule has 0 atom stereocenters. The van der Waals surface area contributed by atoms with E-state index in [0.717, 1.165) is 12.0 Å². The van der Waals surface area contributed by atoms with Crippen molar-refractivity contribution in [2.24, 2.45) is 5.73 Å². The summed E-state index contributed by atoms with van der Waals surface area (Å²) in [5, 5.41) is 2.97. The van der Waals surface area contributed by atoms with E-state index in [9.17, 15) is 4.79 Å². The summed E-state index contributed by atoms with van der Waals surface area (Å²) < 4.78 is 0. The van der Waals surface area contributed by atoms with Crippen LogP contribution >= 0.6 is 0 Å². The number of hydrogen-bond donors (Lipinski definition) is 2. The third-order valence-electron chi connectivity index (χ3n) is 2.50. The maximum Gasteiger partial charge on any atom is 0.318 e. The van der Waals surface area contributed by atoms with Gasteiger partial charge in [0.1, 0.15) is 0 Å². The minimum atomic E-state index is -0.243. The number of hydrogen-bond acceptors (Lipinski definition) is 3. The average Bonchev–Trinajstić information content (AvgIpc) is 2.33. The Morgan fingerprint density at radius 3 is 2.74 bits per heavy atom. The molecule has 0 radical (unpaired) electrons. The summed E-state index contributed by atoms with van der Waals surface area (Å²) in [6, 6.07) is 3.77. The summed E-state index contributed by atoms with van der Waals surface area (Å²) in [5.41, 5.74) is 6.30. The Hall–Kier alpha value is -1.62. The third-order valence-corrected chi connectivity index (χ3v) is 2.50. The molecule has 0 bridgehead atoms. The number of carbonyl (C=O) groups is 1. The molecule has 2 amide bonds. The van der Waals surface area contributed by atoms with Crippen LogP contribution in [0.25, 0.3) is 0 Å². The maximum atomic E-state index is 12.2. The van der Waals surface area contributed by atoms with Gasteiger partial charge in [-0.1, -0.05) is 6.07 Å². The second-order valence-corrected chi connectivity index (χ2v) is 5.61. The van der Waals surface area contributed by atoms with Gasteiger partial charge in [-0.05, 0) is 45.4 Å². The van der Waals surface area contributed by atoms with Gasteiger partial charge in [-0.15, -0.1) is 0 Å². The normalized spacial score (nSPS) is 11.2. The first-order valence-corrected chi connectivity index (χ1v) is 6.58. The summed E-state index contributed by atoms with van der Waals surface area (Å²) in [6.45, 7) is 7.68. The number of carbonyl (C=O) groups excluding carboxylic acids is 1. The minimum Gasteiger partial charge on any atom is -0.333 e. The number of nitrogens with one attached hydrogen (secondary N) is 1. The van der Waals surface area contributed by atoms with E-state index in [2.05, 4.69) is 10.3 Å². The number of amides is 2. The molecule has 5 nitrogen and oxygen atoms in total. The molecule has 0 saturated carbocycles. The smallest absolute Gasteiger partial charge is 0.318 e. The highest BCUT2D eigenvalue weighted by Crippen LogP contribution is 2.07. The highest BCUT2D eigenvalue weighted by atomic mass is 16.2. The molecule has 1 aromatic heterocycles. The van der Waals surface area contributed by atoms with E-state index in [0.29, 0.717) is 19.6 Å². The Morgan fingerprint density at radius 1 is 1.47 bits per heavy atom.